The highest BCUT2D eigenvalue weighted by Crippen LogP contribution is 2.46. The molecule has 0 aliphatic carbocycles. The van der Waals surface area contributed by atoms with E-state index in [1.165, 1.54) is 47.4 Å². The number of benzene rings is 9. The third-order valence-corrected chi connectivity index (χ3v) is 13.6. The molecule has 0 radical (unpaired) electrons. The fraction of sp³-hybridized carbons (Fsp3) is 0. The Labute approximate surface area is 360 Å². The molecular weight excluding hydrogens is 775 g/mol. The summed E-state index contributed by atoms with van der Waals surface area (Å²) in [5.74, 6) is 1.57. The minimum atomic E-state index is 0.784. The van der Waals surface area contributed by atoms with Crippen LogP contribution in [0.1, 0.15) is 0 Å². The number of hydrogen-bond acceptors (Lipinski definition) is 3. The van der Waals surface area contributed by atoms with Gasteiger partial charge in [-0.25, -0.2) is 0 Å². The fourth-order valence-electron chi connectivity index (χ4n) is 9.78. The molecule has 13 rings (SSSR count). The molecule has 290 valence electrons. The lowest BCUT2D eigenvalue weighted by atomic mass is 10.0. The number of fused-ring (bicyclic) bond motifs is 10. The van der Waals surface area contributed by atoms with Crippen molar-refractivity contribution < 1.29 is 0 Å². The lowest BCUT2D eigenvalue weighted by Crippen LogP contribution is -2.05. The second-order valence-corrected chi connectivity index (χ2v) is 16.8. The van der Waals surface area contributed by atoms with Crippen LogP contribution < -0.4 is 0 Å². The molecule has 0 aliphatic heterocycles. The van der Waals surface area contributed by atoms with Crippen molar-refractivity contribution in [3.05, 3.63) is 212 Å². The van der Waals surface area contributed by atoms with Gasteiger partial charge in [-0.05, 0) is 42.5 Å². The maximum Gasteiger partial charge on any atom is 0.168 e. The zero-order chi connectivity index (χ0) is 40.7. The summed E-state index contributed by atoms with van der Waals surface area (Å²) in [5.41, 5.74) is 12.1. The van der Waals surface area contributed by atoms with Crippen molar-refractivity contribution in [3.63, 3.8) is 0 Å². The van der Waals surface area contributed by atoms with Gasteiger partial charge in [-0.3, -0.25) is 4.57 Å². The third-order valence-electron chi connectivity index (χ3n) is 12.4. The molecule has 0 saturated carbocycles. The summed E-state index contributed by atoms with van der Waals surface area (Å²) in [4.78, 5) is 0. The molecule has 0 spiro atoms. The average molecular weight is 810 g/mol. The van der Waals surface area contributed by atoms with Crippen molar-refractivity contribution in [1.29, 1.82) is 0 Å². The maximum atomic E-state index is 4.89. The molecule has 0 amide bonds. The molecule has 5 nitrogen and oxygen atoms in total. The van der Waals surface area contributed by atoms with Crippen LogP contribution in [-0.2, 0) is 0 Å². The fourth-order valence-corrected chi connectivity index (χ4v) is 11.0. The van der Waals surface area contributed by atoms with E-state index in [0.29, 0.717) is 0 Å². The average Bonchev–Trinajstić information content (AvgIpc) is 4.12. The van der Waals surface area contributed by atoms with Crippen LogP contribution in [0.4, 0.5) is 0 Å². The van der Waals surface area contributed by atoms with Gasteiger partial charge in [-0.15, -0.1) is 21.5 Å². The number of thiophene rings is 1. The van der Waals surface area contributed by atoms with E-state index in [-0.39, 0.29) is 0 Å². The van der Waals surface area contributed by atoms with Crippen molar-refractivity contribution in [2.24, 2.45) is 0 Å². The zero-order valence-corrected chi connectivity index (χ0v) is 34.2. The van der Waals surface area contributed by atoms with E-state index in [2.05, 4.69) is 214 Å². The molecule has 0 atom stereocenters. The number of nitrogens with zero attached hydrogens (tertiary/aromatic N) is 5. The molecule has 4 aromatic heterocycles. The Morgan fingerprint density at radius 1 is 0.323 bits per heavy atom. The van der Waals surface area contributed by atoms with E-state index in [1.807, 2.05) is 23.5 Å². The quantitative estimate of drug-likeness (QED) is 0.168. The lowest BCUT2D eigenvalue weighted by molar-refractivity contribution is 1.06. The molecule has 62 heavy (non-hydrogen) atoms. The highest BCUT2D eigenvalue weighted by atomic mass is 32.1. The summed E-state index contributed by atoms with van der Waals surface area (Å²) < 4.78 is 9.82. The minimum absolute atomic E-state index is 0.784. The highest BCUT2D eigenvalue weighted by molar-refractivity contribution is 7.26. The van der Waals surface area contributed by atoms with Crippen molar-refractivity contribution >= 4 is 75.1 Å². The van der Waals surface area contributed by atoms with E-state index >= 15 is 0 Å². The summed E-state index contributed by atoms with van der Waals surface area (Å²) >= 11 is 1.89. The predicted octanol–water partition coefficient (Wildman–Crippen LogP) is 14.8. The Morgan fingerprint density at radius 2 is 0.839 bits per heavy atom. The van der Waals surface area contributed by atoms with Gasteiger partial charge in [-0.2, -0.15) is 0 Å². The predicted molar refractivity (Wildman–Crippen MR) is 259 cm³/mol. The van der Waals surface area contributed by atoms with Crippen molar-refractivity contribution in [1.82, 2.24) is 23.9 Å². The van der Waals surface area contributed by atoms with E-state index in [1.54, 1.807) is 0 Å². The number of hydrogen-bond donors (Lipinski definition) is 0. The van der Waals surface area contributed by atoms with Gasteiger partial charge in [0, 0.05) is 64.0 Å². The monoisotopic (exact) mass is 809 g/mol. The standard InChI is InChI=1S/C56H35N5S/c1-3-18-36(19-4-1)55-57-58-56(37-20-5-2-6-21-37)61(55)50-32-17-27-42-40-24-9-14-30-47(40)60(53(42)50)46-29-13-8-23-39(46)38-22-7-12-28-45(38)59-48-31-15-10-26-44(48)52-49(59)35-34-43-41-25-11-16-33-51(41)62-54(43)52/h1-35H. The number of rotatable bonds is 6. The van der Waals surface area contributed by atoms with Gasteiger partial charge < -0.3 is 9.13 Å². The number of aromatic nitrogens is 5. The van der Waals surface area contributed by atoms with Crippen molar-refractivity contribution in [2.45, 2.75) is 0 Å². The Bertz CT molecular complexity index is 3810. The van der Waals surface area contributed by atoms with Gasteiger partial charge in [0.1, 0.15) is 0 Å². The molecule has 0 fully saturated rings. The summed E-state index contributed by atoms with van der Waals surface area (Å²) in [7, 11) is 0. The first-order valence-corrected chi connectivity index (χ1v) is 21.7. The number of para-hydroxylation sites is 5. The van der Waals surface area contributed by atoms with Crippen LogP contribution in [0.2, 0.25) is 0 Å². The summed E-state index contributed by atoms with van der Waals surface area (Å²) in [6.45, 7) is 0. The van der Waals surface area contributed by atoms with Crippen LogP contribution in [0, 0.1) is 0 Å². The first-order chi connectivity index (χ1) is 30.8. The lowest BCUT2D eigenvalue weighted by Gasteiger charge is -2.20. The van der Waals surface area contributed by atoms with E-state index in [4.69, 9.17) is 10.2 Å². The minimum Gasteiger partial charge on any atom is -0.309 e. The summed E-state index contributed by atoms with van der Waals surface area (Å²) in [6.07, 6.45) is 0. The van der Waals surface area contributed by atoms with Crippen LogP contribution in [0.5, 0.6) is 0 Å². The van der Waals surface area contributed by atoms with Gasteiger partial charge in [-0.1, -0.05) is 170 Å². The molecule has 0 N–H and O–H groups in total. The molecule has 9 aromatic carbocycles. The molecular formula is C56H35N5S. The van der Waals surface area contributed by atoms with Gasteiger partial charge in [0.15, 0.2) is 11.6 Å². The normalized spacial score (nSPS) is 11.9. The smallest absolute Gasteiger partial charge is 0.168 e. The molecule has 0 aliphatic rings. The van der Waals surface area contributed by atoms with Crippen LogP contribution in [0.3, 0.4) is 0 Å². The topological polar surface area (TPSA) is 40.6 Å². The highest BCUT2D eigenvalue weighted by Gasteiger charge is 2.25. The zero-order valence-electron chi connectivity index (χ0n) is 33.4. The van der Waals surface area contributed by atoms with E-state index < -0.39 is 0 Å². The third kappa shape index (κ3) is 5.08. The largest absolute Gasteiger partial charge is 0.309 e. The first kappa shape index (κ1) is 34.8. The van der Waals surface area contributed by atoms with Crippen molar-refractivity contribution in [3.8, 4) is 51.0 Å². The Balaban J connectivity index is 1.10. The second kappa shape index (κ2) is 13.7. The maximum absolute atomic E-state index is 4.89. The second-order valence-electron chi connectivity index (χ2n) is 15.8. The molecule has 6 heteroatoms. The Kier molecular flexibility index (Phi) is 7.71. The van der Waals surface area contributed by atoms with Gasteiger partial charge in [0.2, 0.25) is 0 Å². The van der Waals surface area contributed by atoms with Crippen LogP contribution >= 0.6 is 11.3 Å². The Hall–Kier alpha value is -8.06. The van der Waals surface area contributed by atoms with Crippen molar-refractivity contribution in [2.75, 3.05) is 0 Å². The SMILES string of the molecule is c1ccc(-c2nnc(-c3ccccc3)n2-c2cccc3c4ccccc4n(-c4ccccc4-c4ccccc4-n4c5ccccc5c5c6sc7ccccc7c6ccc54)c23)cc1. The Morgan fingerprint density at radius 3 is 1.53 bits per heavy atom. The van der Waals surface area contributed by atoms with Gasteiger partial charge in [0.25, 0.3) is 0 Å². The first-order valence-electron chi connectivity index (χ1n) is 20.9. The van der Waals surface area contributed by atoms with Crippen LogP contribution in [-0.4, -0.2) is 23.9 Å². The summed E-state index contributed by atoms with van der Waals surface area (Å²) in [5, 5.41) is 17.3. The van der Waals surface area contributed by atoms with Crippen LogP contribution in [0.25, 0.3) is 115 Å². The van der Waals surface area contributed by atoms with Gasteiger partial charge in [0.05, 0.1) is 39.1 Å². The molecule has 0 unspecified atom stereocenters. The molecule has 4 heterocycles. The van der Waals surface area contributed by atoms with Crippen LogP contribution in [0.15, 0.2) is 212 Å². The molecule has 0 saturated heterocycles. The van der Waals surface area contributed by atoms with Gasteiger partial charge >= 0.3 is 0 Å². The molecule has 13 aromatic rings. The van der Waals surface area contributed by atoms with E-state index in [9.17, 15) is 0 Å². The molecule has 0 bridgehead atoms. The van der Waals surface area contributed by atoms with E-state index in [0.717, 1.165) is 67.4 Å². The summed E-state index contributed by atoms with van der Waals surface area (Å²) in [6, 6.07) is 76.2.